The number of likely N-dealkylation sites (tertiary alicyclic amines) is 1. The summed E-state index contributed by atoms with van der Waals surface area (Å²) in [6.07, 6.45) is 4.47. The standard InChI is InChI=1S/C16H26N2O2/c19-13-16(20)12-17-15-6-4-14(5-7-15)8-11-18-9-2-1-3-10-18/h4-7,16-17,19-20H,1-3,8-13H2. The molecular weight excluding hydrogens is 252 g/mol. The molecule has 0 radical (unpaired) electrons. The average molecular weight is 278 g/mol. The van der Waals surface area contributed by atoms with Crippen LogP contribution in [0, 0.1) is 0 Å². The molecule has 1 aliphatic heterocycles. The number of aliphatic hydroxyl groups is 2. The maximum Gasteiger partial charge on any atom is 0.0942 e. The lowest BCUT2D eigenvalue weighted by Crippen LogP contribution is -2.31. The number of rotatable bonds is 7. The Morgan fingerprint density at radius 2 is 1.80 bits per heavy atom. The van der Waals surface area contributed by atoms with Gasteiger partial charge in [-0.15, -0.1) is 0 Å². The number of hydrogen-bond acceptors (Lipinski definition) is 4. The van der Waals surface area contributed by atoms with Gasteiger partial charge in [-0.1, -0.05) is 18.6 Å². The summed E-state index contributed by atoms with van der Waals surface area (Å²) in [6.45, 7) is 3.82. The maximum atomic E-state index is 9.28. The lowest BCUT2D eigenvalue weighted by atomic mass is 10.1. The molecule has 1 aromatic carbocycles. The number of aliphatic hydroxyl groups excluding tert-OH is 2. The van der Waals surface area contributed by atoms with Crippen LogP contribution >= 0.6 is 0 Å². The highest BCUT2D eigenvalue weighted by Crippen LogP contribution is 2.13. The Kier molecular flexibility index (Phi) is 6.30. The minimum absolute atomic E-state index is 0.207. The van der Waals surface area contributed by atoms with Crippen LogP contribution in [0.4, 0.5) is 5.69 Å². The zero-order valence-corrected chi connectivity index (χ0v) is 12.1. The van der Waals surface area contributed by atoms with Crippen LogP contribution < -0.4 is 5.32 Å². The number of hydrogen-bond donors (Lipinski definition) is 3. The van der Waals surface area contributed by atoms with E-state index in [0.29, 0.717) is 6.54 Å². The second kappa shape index (κ2) is 8.25. The van der Waals surface area contributed by atoms with E-state index in [0.717, 1.165) is 18.7 Å². The molecule has 0 aliphatic carbocycles. The van der Waals surface area contributed by atoms with Gasteiger partial charge in [0.2, 0.25) is 0 Å². The molecule has 1 aromatic rings. The van der Waals surface area contributed by atoms with Gasteiger partial charge in [-0.05, 0) is 50.0 Å². The van der Waals surface area contributed by atoms with Gasteiger partial charge in [-0.3, -0.25) is 0 Å². The number of piperidine rings is 1. The van der Waals surface area contributed by atoms with Crippen molar-refractivity contribution in [1.29, 1.82) is 0 Å². The van der Waals surface area contributed by atoms with Gasteiger partial charge in [0, 0.05) is 18.8 Å². The SMILES string of the molecule is OCC(O)CNc1ccc(CCN2CCCCC2)cc1. The van der Waals surface area contributed by atoms with Gasteiger partial charge in [0.05, 0.1) is 12.7 Å². The average Bonchev–Trinajstić information content (AvgIpc) is 2.52. The highest BCUT2D eigenvalue weighted by atomic mass is 16.3. The van der Waals surface area contributed by atoms with E-state index in [-0.39, 0.29) is 6.61 Å². The van der Waals surface area contributed by atoms with Crippen LogP contribution in [0.3, 0.4) is 0 Å². The van der Waals surface area contributed by atoms with Crippen molar-refractivity contribution in [1.82, 2.24) is 4.90 Å². The van der Waals surface area contributed by atoms with Crippen molar-refractivity contribution < 1.29 is 10.2 Å². The van der Waals surface area contributed by atoms with Crippen molar-refractivity contribution in [2.45, 2.75) is 31.8 Å². The monoisotopic (exact) mass is 278 g/mol. The number of benzene rings is 1. The lowest BCUT2D eigenvalue weighted by Gasteiger charge is -2.26. The molecule has 1 fully saturated rings. The van der Waals surface area contributed by atoms with E-state index in [9.17, 15) is 5.11 Å². The van der Waals surface area contributed by atoms with E-state index in [1.165, 1.54) is 37.9 Å². The summed E-state index contributed by atoms with van der Waals surface area (Å²) < 4.78 is 0. The van der Waals surface area contributed by atoms with E-state index >= 15 is 0 Å². The van der Waals surface area contributed by atoms with Crippen molar-refractivity contribution in [2.75, 3.05) is 38.1 Å². The summed E-state index contributed by atoms with van der Waals surface area (Å²) in [5.41, 5.74) is 2.34. The van der Waals surface area contributed by atoms with Gasteiger partial charge >= 0.3 is 0 Å². The summed E-state index contributed by atoms with van der Waals surface area (Å²) in [7, 11) is 0. The minimum Gasteiger partial charge on any atom is -0.394 e. The summed E-state index contributed by atoms with van der Waals surface area (Å²) >= 11 is 0. The Bertz CT molecular complexity index is 375. The number of nitrogens with one attached hydrogen (secondary N) is 1. The predicted molar refractivity (Wildman–Crippen MR) is 82.0 cm³/mol. The van der Waals surface area contributed by atoms with Crippen LogP contribution in [0.15, 0.2) is 24.3 Å². The van der Waals surface area contributed by atoms with Gasteiger partial charge in [-0.2, -0.15) is 0 Å². The molecule has 0 spiro atoms. The van der Waals surface area contributed by atoms with Crippen molar-refractivity contribution >= 4 is 5.69 Å². The van der Waals surface area contributed by atoms with Gasteiger partial charge in [0.1, 0.15) is 0 Å². The molecule has 112 valence electrons. The van der Waals surface area contributed by atoms with E-state index in [1.54, 1.807) is 0 Å². The summed E-state index contributed by atoms with van der Waals surface area (Å²) in [5, 5.41) is 21.1. The van der Waals surface area contributed by atoms with Crippen molar-refractivity contribution in [3.8, 4) is 0 Å². The molecular formula is C16H26N2O2. The first kappa shape index (κ1) is 15.3. The first-order valence-corrected chi connectivity index (χ1v) is 7.62. The molecule has 1 saturated heterocycles. The van der Waals surface area contributed by atoms with Gasteiger partial charge in [-0.25, -0.2) is 0 Å². The zero-order chi connectivity index (χ0) is 14.2. The molecule has 0 amide bonds. The Morgan fingerprint density at radius 1 is 1.10 bits per heavy atom. The molecule has 4 nitrogen and oxygen atoms in total. The molecule has 0 bridgehead atoms. The molecule has 0 saturated carbocycles. The molecule has 1 aliphatic rings. The minimum atomic E-state index is -0.700. The molecule has 1 unspecified atom stereocenters. The van der Waals surface area contributed by atoms with Gasteiger partial charge in [0.15, 0.2) is 0 Å². The van der Waals surface area contributed by atoms with Gasteiger partial charge < -0.3 is 20.4 Å². The Labute approximate surface area is 121 Å². The molecule has 1 atom stereocenters. The topological polar surface area (TPSA) is 55.7 Å². The summed E-state index contributed by atoms with van der Waals surface area (Å²) in [5.74, 6) is 0. The normalized spacial score (nSPS) is 17.9. The largest absolute Gasteiger partial charge is 0.394 e. The number of anilines is 1. The van der Waals surface area contributed by atoms with Crippen molar-refractivity contribution in [3.63, 3.8) is 0 Å². The van der Waals surface area contributed by atoms with Crippen LogP contribution in [0.25, 0.3) is 0 Å². The Morgan fingerprint density at radius 3 is 2.45 bits per heavy atom. The quantitative estimate of drug-likeness (QED) is 0.707. The van der Waals surface area contributed by atoms with E-state index in [4.69, 9.17) is 5.11 Å². The maximum absolute atomic E-state index is 9.28. The van der Waals surface area contributed by atoms with E-state index in [2.05, 4.69) is 22.3 Å². The Balaban J connectivity index is 1.73. The van der Waals surface area contributed by atoms with Crippen molar-refractivity contribution in [2.24, 2.45) is 0 Å². The third-order valence-corrected chi connectivity index (χ3v) is 3.87. The smallest absolute Gasteiger partial charge is 0.0942 e. The highest BCUT2D eigenvalue weighted by Gasteiger charge is 2.09. The van der Waals surface area contributed by atoms with Crippen molar-refractivity contribution in [3.05, 3.63) is 29.8 Å². The lowest BCUT2D eigenvalue weighted by molar-refractivity contribution is 0.105. The third kappa shape index (κ3) is 5.12. The second-order valence-corrected chi connectivity index (χ2v) is 5.57. The molecule has 0 aromatic heterocycles. The van der Waals surface area contributed by atoms with E-state index in [1.807, 2.05) is 12.1 Å². The molecule has 3 N–H and O–H groups in total. The predicted octanol–water partition coefficient (Wildman–Crippen LogP) is 1.48. The highest BCUT2D eigenvalue weighted by molar-refractivity contribution is 5.44. The molecule has 4 heteroatoms. The molecule has 20 heavy (non-hydrogen) atoms. The number of nitrogens with zero attached hydrogens (tertiary/aromatic N) is 1. The zero-order valence-electron chi connectivity index (χ0n) is 12.1. The van der Waals surface area contributed by atoms with Gasteiger partial charge in [0.25, 0.3) is 0 Å². The van der Waals surface area contributed by atoms with Crippen LogP contribution in [0.1, 0.15) is 24.8 Å². The Hall–Kier alpha value is -1.10. The second-order valence-electron chi connectivity index (χ2n) is 5.57. The first-order valence-electron chi connectivity index (χ1n) is 7.62. The van der Waals surface area contributed by atoms with Crippen LogP contribution in [0.5, 0.6) is 0 Å². The first-order chi connectivity index (χ1) is 9.78. The fourth-order valence-electron chi connectivity index (χ4n) is 2.56. The van der Waals surface area contributed by atoms with E-state index < -0.39 is 6.10 Å². The fraction of sp³-hybridized carbons (Fsp3) is 0.625. The molecule has 2 rings (SSSR count). The summed E-state index contributed by atoms with van der Waals surface area (Å²) in [6, 6.07) is 8.35. The van der Waals surface area contributed by atoms with Crippen LogP contribution in [-0.4, -0.2) is 54.0 Å². The fourth-order valence-corrected chi connectivity index (χ4v) is 2.56. The summed E-state index contributed by atoms with van der Waals surface area (Å²) in [4.78, 5) is 2.55. The molecule has 1 heterocycles. The van der Waals surface area contributed by atoms with Crippen LogP contribution in [0.2, 0.25) is 0 Å². The van der Waals surface area contributed by atoms with Crippen LogP contribution in [-0.2, 0) is 6.42 Å². The third-order valence-electron chi connectivity index (χ3n) is 3.87.